The van der Waals surface area contributed by atoms with Crippen molar-refractivity contribution >= 4 is 33.3 Å². The van der Waals surface area contributed by atoms with Gasteiger partial charge in [0.2, 0.25) is 15.9 Å². The van der Waals surface area contributed by atoms with Crippen LogP contribution in [0.5, 0.6) is 5.75 Å². The highest BCUT2D eigenvalue weighted by molar-refractivity contribution is 7.92. The van der Waals surface area contributed by atoms with Crippen LogP contribution >= 0.6 is 0 Å². The van der Waals surface area contributed by atoms with Gasteiger partial charge in [-0.15, -0.1) is 0 Å². The molecule has 0 aliphatic carbocycles. The van der Waals surface area contributed by atoms with Gasteiger partial charge >= 0.3 is 5.97 Å². The molecular weight excluding hydrogens is 422 g/mol. The zero-order valence-corrected chi connectivity index (χ0v) is 17.9. The van der Waals surface area contributed by atoms with Crippen molar-refractivity contribution in [1.29, 1.82) is 0 Å². The van der Waals surface area contributed by atoms with Crippen molar-refractivity contribution in [3.05, 3.63) is 59.7 Å². The highest BCUT2D eigenvalue weighted by Crippen LogP contribution is 2.35. The predicted molar refractivity (Wildman–Crippen MR) is 116 cm³/mol. The SMILES string of the molecule is COc1ccc([C@H]2CC(c3ccccc3NS(C)(=O)=O)=NN2C(=O)CCC(=O)O)cc1. The number of aliphatic carboxylic acids is 1. The van der Waals surface area contributed by atoms with Crippen LogP contribution in [0.2, 0.25) is 0 Å². The van der Waals surface area contributed by atoms with Crippen LogP contribution in [-0.2, 0) is 19.6 Å². The van der Waals surface area contributed by atoms with Crippen molar-refractivity contribution in [2.24, 2.45) is 5.10 Å². The molecule has 3 rings (SSSR count). The zero-order valence-electron chi connectivity index (χ0n) is 17.1. The monoisotopic (exact) mass is 445 g/mol. The van der Waals surface area contributed by atoms with Gasteiger partial charge in [0.25, 0.3) is 0 Å². The van der Waals surface area contributed by atoms with Crippen molar-refractivity contribution in [3.8, 4) is 5.75 Å². The standard InChI is InChI=1S/C21H23N3O6S/c1-30-15-9-7-14(8-10-15)19-13-18(22-24(19)20(25)11-12-21(26)27)16-5-3-4-6-17(16)23-31(2,28)29/h3-10,19,23H,11-13H2,1-2H3,(H,26,27)/t19-/m1/s1. The van der Waals surface area contributed by atoms with E-state index >= 15 is 0 Å². The fraction of sp³-hybridized carbons (Fsp3) is 0.286. The molecule has 0 radical (unpaired) electrons. The second-order valence-corrected chi connectivity index (χ2v) is 8.84. The average molecular weight is 445 g/mol. The number of amides is 1. The Bertz CT molecular complexity index is 1110. The number of benzene rings is 2. The lowest BCUT2D eigenvalue weighted by atomic mass is 9.97. The summed E-state index contributed by atoms with van der Waals surface area (Å²) in [6.45, 7) is 0. The first-order chi connectivity index (χ1) is 14.7. The van der Waals surface area contributed by atoms with E-state index in [1.807, 2.05) is 12.1 Å². The smallest absolute Gasteiger partial charge is 0.303 e. The number of hydrazone groups is 1. The molecule has 0 saturated heterocycles. The number of carbonyl (C=O) groups is 2. The Morgan fingerprint density at radius 2 is 1.84 bits per heavy atom. The van der Waals surface area contributed by atoms with E-state index in [1.165, 1.54) is 5.01 Å². The molecule has 2 aromatic rings. The van der Waals surface area contributed by atoms with Crippen LogP contribution in [0.3, 0.4) is 0 Å². The molecule has 1 heterocycles. The minimum atomic E-state index is -3.52. The maximum atomic E-state index is 12.8. The first kappa shape index (κ1) is 22.3. The second kappa shape index (κ2) is 9.17. The molecule has 1 aliphatic heterocycles. The maximum Gasteiger partial charge on any atom is 0.303 e. The van der Waals surface area contributed by atoms with E-state index in [4.69, 9.17) is 9.84 Å². The van der Waals surface area contributed by atoms with Gasteiger partial charge in [0.15, 0.2) is 0 Å². The summed E-state index contributed by atoms with van der Waals surface area (Å²) >= 11 is 0. The number of carboxylic acid groups (broad SMARTS) is 1. The fourth-order valence-corrected chi connectivity index (χ4v) is 3.92. The molecule has 2 N–H and O–H groups in total. The van der Waals surface area contributed by atoms with Gasteiger partial charge in [-0.3, -0.25) is 14.3 Å². The molecule has 31 heavy (non-hydrogen) atoms. The van der Waals surface area contributed by atoms with Gasteiger partial charge in [-0.2, -0.15) is 5.10 Å². The van der Waals surface area contributed by atoms with Gasteiger partial charge in [-0.05, 0) is 23.8 Å². The molecule has 9 nitrogen and oxygen atoms in total. The van der Waals surface area contributed by atoms with Crippen LogP contribution in [0.25, 0.3) is 0 Å². The van der Waals surface area contributed by atoms with Crippen molar-refractivity contribution in [1.82, 2.24) is 5.01 Å². The number of sulfonamides is 1. The fourth-order valence-electron chi connectivity index (χ4n) is 3.34. The third-order valence-corrected chi connectivity index (χ3v) is 5.34. The molecule has 1 amide bonds. The summed E-state index contributed by atoms with van der Waals surface area (Å²) in [4.78, 5) is 23.7. The molecule has 1 atom stereocenters. The third kappa shape index (κ3) is 5.60. The van der Waals surface area contributed by atoms with Gasteiger partial charge < -0.3 is 9.84 Å². The third-order valence-electron chi connectivity index (χ3n) is 4.75. The van der Waals surface area contributed by atoms with E-state index in [9.17, 15) is 18.0 Å². The van der Waals surface area contributed by atoms with Crippen LogP contribution in [0.1, 0.15) is 36.4 Å². The predicted octanol–water partition coefficient (Wildman–Crippen LogP) is 2.61. The van der Waals surface area contributed by atoms with Crippen LogP contribution in [-0.4, -0.2) is 49.5 Å². The molecule has 0 fully saturated rings. The van der Waals surface area contributed by atoms with Crippen LogP contribution < -0.4 is 9.46 Å². The lowest BCUT2D eigenvalue weighted by Gasteiger charge is -2.22. The summed E-state index contributed by atoms with van der Waals surface area (Å²) in [7, 11) is -1.96. The van der Waals surface area contributed by atoms with Gasteiger partial charge in [-0.25, -0.2) is 13.4 Å². The number of carbonyl (C=O) groups excluding carboxylic acids is 1. The van der Waals surface area contributed by atoms with Crippen LogP contribution in [0.4, 0.5) is 5.69 Å². The topological polar surface area (TPSA) is 125 Å². The van der Waals surface area contributed by atoms with Crippen molar-refractivity contribution in [2.75, 3.05) is 18.1 Å². The van der Waals surface area contributed by atoms with E-state index in [-0.39, 0.29) is 12.8 Å². The Morgan fingerprint density at radius 1 is 1.16 bits per heavy atom. The molecule has 0 saturated carbocycles. The number of nitrogens with one attached hydrogen (secondary N) is 1. The molecule has 10 heteroatoms. The van der Waals surface area contributed by atoms with E-state index in [2.05, 4.69) is 9.82 Å². The summed E-state index contributed by atoms with van der Waals surface area (Å²) in [5, 5.41) is 14.7. The molecular formula is C21H23N3O6S. The maximum absolute atomic E-state index is 12.8. The Morgan fingerprint density at radius 3 is 2.45 bits per heavy atom. The Labute approximate surface area is 180 Å². The number of carboxylic acids is 1. The Balaban J connectivity index is 1.97. The second-order valence-electron chi connectivity index (χ2n) is 7.09. The van der Waals surface area contributed by atoms with Crippen molar-refractivity contribution in [3.63, 3.8) is 0 Å². The van der Waals surface area contributed by atoms with Gasteiger partial charge in [0.05, 0.1) is 37.2 Å². The summed E-state index contributed by atoms with van der Waals surface area (Å²) in [5.41, 5.74) is 2.24. The van der Waals surface area contributed by atoms with Gasteiger partial charge in [-0.1, -0.05) is 30.3 Å². The van der Waals surface area contributed by atoms with E-state index in [1.54, 1.807) is 43.5 Å². The average Bonchev–Trinajstić information content (AvgIpc) is 3.16. The number of para-hydroxylation sites is 1. The molecule has 1 aliphatic rings. The Hall–Kier alpha value is -3.40. The summed E-state index contributed by atoms with van der Waals surface area (Å²) in [6, 6.07) is 13.5. The minimum absolute atomic E-state index is 0.192. The normalized spacial score (nSPS) is 16.0. The summed E-state index contributed by atoms with van der Waals surface area (Å²) in [6.07, 6.45) is 0.902. The van der Waals surface area contributed by atoms with E-state index in [0.29, 0.717) is 29.1 Å². The van der Waals surface area contributed by atoms with Crippen molar-refractivity contribution in [2.45, 2.75) is 25.3 Å². The largest absolute Gasteiger partial charge is 0.497 e. The molecule has 164 valence electrons. The quantitative estimate of drug-likeness (QED) is 0.643. The highest BCUT2D eigenvalue weighted by atomic mass is 32.2. The van der Waals surface area contributed by atoms with Crippen molar-refractivity contribution < 1.29 is 27.9 Å². The summed E-state index contributed by atoms with van der Waals surface area (Å²) < 4.78 is 31.2. The first-order valence-corrected chi connectivity index (χ1v) is 11.4. The number of rotatable bonds is 8. The number of anilines is 1. The van der Waals surface area contributed by atoms with E-state index < -0.39 is 27.9 Å². The zero-order chi connectivity index (χ0) is 22.6. The molecule has 0 aromatic heterocycles. The molecule has 0 spiro atoms. The van der Waals surface area contributed by atoms with Gasteiger partial charge in [0.1, 0.15) is 5.75 Å². The highest BCUT2D eigenvalue weighted by Gasteiger charge is 2.34. The van der Waals surface area contributed by atoms with Gasteiger partial charge in [0, 0.05) is 18.4 Å². The number of hydrogen-bond acceptors (Lipinski definition) is 6. The molecule has 0 bridgehead atoms. The van der Waals surface area contributed by atoms with Crippen LogP contribution in [0.15, 0.2) is 53.6 Å². The minimum Gasteiger partial charge on any atom is -0.497 e. The lowest BCUT2D eigenvalue weighted by Crippen LogP contribution is -2.27. The molecule has 0 unspecified atom stereocenters. The number of hydrogen-bond donors (Lipinski definition) is 2. The van der Waals surface area contributed by atoms with Crippen LogP contribution in [0, 0.1) is 0 Å². The Kier molecular flexibility index (Phi) is 6.59. The lowest BCUT2D eigenvalue weighted by molar-refractivity contribution is -0.141. The first-order valence-electron chi connectivity index (χ1n) is 9.50. The van der Waals surface area contributed by atoms with E-state index in [0.717, 1.165) is 11.8 Å². The number of ether oxygens (including phenoxy) is 1. The number of nitrogens with zero attached hydrogens (tertiary/aromatic N) is 2. The summed E-state index contributed by atoms with van der Waals surface area (Å²) in [5.74, 6) is -0.832. The molecule has 2 aromatic carbocycles. The number of methoxy groups -OCH3 is 1.